The lowest BCUT2D eigenvalue weighted by atomic mass is 9.95. The van der Waals surface area contributed by atoms with E-state index in [0.717, 1.165) is 77.1 Å². The highest BCUT2D eigenvalue weighted by molar-refractivity contribution is 9.10. The van der Waals surface area contributed by atoms with Crippen LogP contribution in [0.5, 0.6) is 6.01 Å². The van der Waals surface area contributed by atoms with E-state index in [1.54, 1.807) is 0 Å². The third-order valence-corrected chi connectivity index (χ3v) is 8.74. The molecule has 0 aromatic carbocycles. The number of alkyl halides is 1. The summed E-state index contributed by atoms with van der Waals surface area (Å²) in [5, 5.41) is 10.0. The van der Waals surface area contributed by atoms with E-state index in [1.165, 1.54) is 0 Å². The first-order valence-electron chi connectivity index (χ1n) is 12.6. The zero-order chi connectivity index (χ0) is 24.6. The second-order valence-corrected chi connectivity index (χ2v) is 11.1. The molecule has 0 saturated carbocycles. The summed E-state index contributed by atoms with van der Waals surface area (Å²) < 4.78 is 27.4. The minimum Gasteiger partial charge on any atom is -0.461 e. The first-order chi connectivity index (χ1) is 17.4. The molecule has 4 aromatic rings. The number of hydrogen-bond donors (Lipinski definition) is 0. The monoisotopic (exact) mass is 557 g/mol. The van der Waals surface area contributed by atoms with Gasteiger partial charge in [0.15, 0.2) is 10.3 Å². The Morgan fingerprint density at radius 1 is 1.17 bits per heavy atom. The molecule has 4 aromatic heterocycles. The third-order valence-electron chi connectivity index (χ3n) is 8.21. The second-order valence-electron chi connectivity index (χ2n) is 10.4. The van der Waals surface area contributed by atoms with Gasteiger partial charge < -0.3 is 14.2 Å². The quantitative estimate of drug-likeness (QED) is 0.381. The van der Waals surface area contributed by atoms with E-state index in [2.05, 4.69) is 51.2 Å². The molecule has 7 rings (SSSR count). The molecule has 3 aliphatic rings. The van der Waals surface area contributed by atoms with Crippen molar-refractivity contribution in [2.45, 2.75) is 50.5 Å². The summed E-state index contributed by atoms with van der Waals surface area (Å²) in [7, 11) is 3.94. The third kappa shape index (κ3) is 3.29. The minimum atomic E-state index is -0.794. The van der Waals surface area contributed by atoms with Crippen molar-refractivity contribution in [2.24, 2.45) is 14.1 Å². The number of fused-ring (bicyclic) bond motifs is 5. The van der Waals surface area contributed by atoms with Crippen LogP contribution < -0.4 is 9.64 Å². The van der Waals surface area contributed by atoms with E-state index in [1.807, 2.05) is 25.0 Å². The number of aryl methyl sites for hydroxylation is 3. The van der Waals surface area contributed by atoms with Crippen LogP contribution in [-0.2, 0) is 27.2 Å². The molecule has 3 aliphatic heterocycles. The lowest BCUT2D eigenvalue weighted by Crippen LogP contribution is -2.43. The fourth-order valence-corrected chi connectivity index (χ4v) is 7.23. The van der Waals surface area contributed by atoms with Crippen LogP contribution in [0.1, 0.15) is 31.4 Å². The highest BCUT2D eigenvalue weighted by atomic mass is 79.9. The molecule has 0 N–H and O–H groups in total. The van der Waals surface area contributed by atoms with E-state index >= 15 is 0 Å². The van der Waals surface area contributed by atoms with Crippen LogP contribution in [0.2, 0.25) is 0 Å². The maximum atomic E-state index is 14.3. The molecule has 2 atom stereocenters. The van der Waals surface area contributed by atoms with Gasteiger partial charge in [0.05, 0.1) is 23.2 Å². The summed E-state index contributed by atoms with van der Waals surface area (Å²) in [5.74, 6) is 0.835. The molecule has 0 aliphatic carbocycles. The standard InChI is InChI=1S/C24H29BrFN9O/c1-31-19-18(32(2)30-20(19)25)17-21(31)28-23(36-14-24-6-3-9-34(24)12-15(26)11-24)29-22(17)33-8-4-10-35-16(13-33)5-7-27-35/h5,7,15H,3-4,6,8-14H2,1-2H3/t15-,24+/m1/s1. The Balaban J connectivity index is 1.34. The van der Waals surface area contributed by atoms with Crippen LogP contribution in [-0.4, -0.2) is 76.9 Å². The zero-order valence-corrected chi connectivity index (χ0v) is 22.1. The van der Waals surface area contributed by atoms with E-state index in [9.17, 15) is 4.39 Å². The van der Waals surface area contributed by atoms with Gasteiger partial charge in [0.2, 0.25) is 0 Å². The average molecular weight is 558 g/mol. The molecule has 0 unspecified atom stereocenters. The minimum absolute atomic E-state index is 0.251. The summed E-state index contributed by atoms with van der Waals surface area (Å²) in [6.07, 6.45) is 4.56. The van der Waals surface area contributed by atoms with Crippen LogP contribution in [0.15, 0.2) is 16.9 Å². The van der Waals surface area contributed by atoms with Gasteiger partial charge in [-0.15, -0.1) is 0 Å². The van der Waals surface area contributed by atoms with E-state index < -0.39 is 6.17 Å². The molecular formula is C24H29BrFN9O. The Bertz CT molecular complexity index is 1480. The Labute approximate surface area is 216 Å². The van der Waals surface area contributed by atoms with Crippen LogP contribution in [0.4, 0.5) is 10.2 Å². The highest BCUT2D eigenvalue weighted by Crippen LogP contribution is 2.41. The van der Waals surface area contributed by atoms with Gasteiger partial charge in [0, 0.05) is 46.3 Å². The molecule has 0 spiro atoms. The molecule has 36 heavy (non-hydrogen) atoms. The van der Waals surface area contributed by atoms with Crippen molar-refractivity contribution in [3.8, 4) is 6.01 Å². The number of nitrogens with zero attached hydrogens (tertiary/aromatic N) is 9. The van der Waals surface area contributed by atoms with Gasteiger partial charge in [-0.1, -0.05) is 0 Å². The van der Waals surface area contributed by atoms with E-state index in [-0.39, 0.29) is 5.54 Å². The Kier molecular flexibility index (Phi) is 5.08. The Morgan fingerprint density at radius 3 is 2.94 bits per heavy atom. The number of ether oxygens (including phenoxy) is 1. The topological polar surface area (TPSA) is 82.1 Å². The number of anilines is 1. The van der Waals surface area contributed by atoms with E-state index in [4.69, 9.17) is 14.7 Å². The Morgan fingerprint density at radius 2 is 2.06 bits per heavy atom. The zero-order valence-electron chi connectivity index (χ0n) is 20.5. The maximum Gasteiger partial charge on any atom is 0.320 e. The summed E-state index contributed by atoms with van der Waals surface area (Å²) in [5.41, 5.74) is 3.65. The van der Waals surface area contributed by atoms with Gasteiger partial charge in [0.1, 0.15) is 29.6 Å². The molecule has 12 heteroatoms. The number of rotatable bonds is 4. The van der Waals surface area contributed by atoms with Gasteiger partial charge in [-0.25, -0.2) is 4.39 Å². The van der Waals surface area contributed by atoms with Crippen molar-refractivity contribution in [1.29, 1.82) is 0 Å². The number of hydrogen-bond acceptors (Lipinski definition) is 7. The maximum absolute atomic E-state index is 14.3. The van der Waals surface area contributed by atoms with Gasteiger partial charge in [-0.2, -0.15) is 20.2 Å². The van der Waals surface area contributed by atoms with Crippen molar-refractivity contribution < 1.29 is 9.13 Å². The smallest absolute Gasteiger partial charge is 0.320 e. The normalized spacial score (nSPS) is 24.6. The first kappa shape index (κ1) is 22.5. The fourth-order valence-electron chi connectivity index (χ4n) is 6.54. The van der Waals surface area contributed by atoms with Crippen LogP contribution in [0.3, 0.4) is 0 Å². The molecule has 190 valence electrons. The van der Waals surface area contributed by atoms with Crippen LogP contribution in [0, 0.1) is 0 Å². The number of halogens is 2. The summed E-state index contributed by atoms with van der Waals surface area (Å²) in [4.78, 5) is 14.4. The van der Waals surface area contributed by atoms with Crippen molar-refractivity contribution in [2.75, 3.05) is 31.1 Å². The molecule has 10 nitrogen and oxygen atoms in total. The summed E-state index contributed by atoms with van der Waals surface area (Å²) in [6.45, 7) is 4.25. The lowest BCUT2D eigenvalue weighted by Gasteiger charge is -2.31. The van der Waals surface area contributed by atoms with E-state index in [0.29, 0.717) is 32.1 Å². The molecule has 7 heterocycles. The van der Waals surface area contributed by atoms with Crippen molar-refractivity contribution in [1.82, 2.24) is 39.0 Å². The van der Waals surface area contributed by atoms with Crippen LogP contribution >= 0.6 is 15.9 Å². The number of aromatic nitrogens is 7. The average Bonchev–Trinajstić information content (AvgIpc) is 3.61. The van der Waals surface area contributed by atoms with Gasteiger partial charge >= 0.3 is 6.01 Å². The molecule has 0 bridgehead atoms. The molecular weight excluding hydrogens is 529 g/mol. The largest absolute Gasteiger partial charge is 0.461 e. The molecule has 0 amide bonds. The summed E-state index contributed by atoms with van der Waals surface area (Å²) in [6, 6.07) is 2.41. The SMILES string of the molecule is Cn1nc(Br)c2c1c1c(N3CCCn4nccc4C3)nc(OC[C@@]34CCCN3C[C@H](F)C4)nc1n2C. The predicted octanol–water partition coefficient (Wildman–Crippen LogP) is 3.18. The Hall–Kier alpha value is -2.73. The van der Waals surface area contributed by atoms with Gasteiger partial charge in [-0.3, -0.25) is 14.3 Å². The van der Waals surface area contributed by atoms with Crippen molar-refractivity contribution in [3.63, 3.8) is 0 Å². The van der Waals surface area contributed by atoms with Gasteiger partial charge in [0.25, 0.3) is 0 Å². The lowest BCUT2D eigenvalue weighted by molar-refractivity contribution is 0.107. The molecule has 2 fully saturated rings. The predicted molar refractivity (Wildman–Crippen MR) is 137 cm³/mol. The second kappa shape index (κ2) is 8.14. The summed E-state index contributed by atoms with van der Waals surface area (Å²) >= 11 is 3.63. The van der Waals surface area contributed by atoms with Crippen LogP contribution in [0.25, 0.3) is 22.1 Å². The molecule has 0 radical (unpaired) electrons. The van der Waals surface area contributed by atoms with Crippen molar-refractivity contribution in [3.05, 3.63) is 22.6 Å². The molecule has 2 saturated heterocycles. The highest BCUT2D eigenvalue weighted by Gasteiger charge is 2.49. The van der Waals surface area contributed by atoms with Crippen molar-refractivity contribution >= 4 is 43.8 Å². The fraction of sp³-hybridized carbons (Fsp3) is 0.583. The van der Waals surface area contributed by atoms with Gasteiger partial charge in [-0.05, 0) is 47.8 Å². The first-order valence-corrected chi connectivity index (χ1v) is 13.4.